The monoisotopic (exact) mass is 175 g/mol. The molecular weight excluding hydrogens is 166 g/mol. The molecule has 6 heteroatoms. The van der Waals surface area contributed by atoms with Crippen molar-refractivity contribution in [2.24, 2.45) is 0 Å². The fourth-order valence-corrected chi connectivity index (χ4v) is 1.03. The first kappa shape index (κ1) is 8.79. The summed E-state index contributed by atoms with van der Waals surface area (Å²) >= 11 is 0. The number of hydrogen-bond acceptors (Lipinski definition) is 4. The Morgan fingerprint density at radius 1 is 1.83 bits per heavy atom. The van der Waals surface area contributed by atoms with Crippen molar-refractivity contribution in [3.63, 3.8) is 0 Å². The molecule has 0 aromatic carbocycles. The molecule has 0 aliphatic carbocycles. The SMILES string of the molecule is CO[C@H]1OC(=O)C[C@@H]1NC(=O)O. The lowest BCUT2D eigenvalue weighted by Crippen LogP contribution is -2.40. The number of esters is 1. The van der Waals surface area contributed by atoms with Crippen LogP contribution in [0.5, 0.6) is 0 Å². The first-order valence-corrected chi connectivity index (χ1v) is 3.35. The van der Waals surface area contributed by atoms with Gasteiger partial charge in [0, 0.05) is 7.11 Å². The van der Waals surface area contributed by atoms with Crippen LogP contribution >= 0.6 is 0 Å². The molecule has 12 heavy (non-hydrogen) atoms. The number of carboxylic acid groups (broad SMARTS) is 1. The van der Waals surface area contributed by atoms with Gasteiger partial charge in [0.05, 0.1) is 6.42 Å². The maximum atomic E-state index is 10.7. The Hall–Kier alpha value is -1.30. The van der Waals surface area contributed by atoms with Crippen LogP contribution in [0.15, 0.2) is 0 Å². The molecule has 1 saturated heterocycles. The van der Waals surface area contributed by atoms with Crippen LogP contribution in [-0.2, 0) is 14.3 Å². The highest BCUT2D eigenvalue weighted by Crippen LogP contribution is 2.14. The predicted octanol–water partition coefficient (Wildman–Crippen LogP) is -0.458. The molecule has 0 bridgehead atoms. The number of ether oxygens (including phenoxy) is 2. The third kappa shape index (κ3) is 1.85. The molecule has 1 aliphatic heterocycles. The topological polar surface area (TPSA) is 84.9 Å². The van der Waals surface area contributed by atoms with Gasteiger partial charge < -0.3 is 19.9 Å². The predicted molar refractivity (Wildman–Crippen MR) is 36.5 cm³/mol. The van der Waals surface area contributed by atoms with Crippen LogP contribution in [0.3, 0.4) is 0 Å². The quantitative estimate of drug-likeness (QED) is 0.555. The van der Waals surface area contributed by atoms with Crippen molar-refractivity contribution >= 4 is 12.1 Å². The van der Waals surface area contributed by atoms with Crippen molar-refractivity contribution < 1.29 is 24.2 Å². The summed E-state index contributed by atoms with van der Waals surface area (Å²) < 4.78 is 9.36. The molecule has 6 nitrogen and oxygen atoms in total. The zero-order chi connectivity index (χ0) is 9.14. The van der Waals surface area contributed by atoms with Crippen molar-refractivity contribution in [3.05, 3.63) is 0 Å². The van der Waals surface area contributed by atoms with E-state index in [4.69, 9.17) is 9.84 Å². The molecule has 0 unspecified atom stereocenters. The summed E-state index contributed by atoms with van der Waals surface area (Å²) in [7, 11) is 1.35. The minimum atomic E-state index is -1.19. The Kier molecular flexibility index (Phi) is 2.49. The molecule has 0 aromatic rings. The highest BCUT2D eigenvalue weighted by Gasteiger charge is 2.35. The van der Waals surface area contributed by atoms with Gasteiger partial charge in [0.25, 0.3) is 0 Å². The standard InChI is InChI=1S/C6H9NO5/c1-11-5-3(7-6(9)10)2-4(8)12-5/h3,5,7H,2H2,1H3,(H,9,10)/t3-,5-/m0/s1. The Morgan fingerprint density at radius 3 is 3.00 bits per heavy atom. The molecule has 68 valence electrons. The van der Waals surface area contributed by atoms with Crippen LogP contribution in [0.1, 0.15) is 6.42 Å². The zero-order valence-electron chi connectivity index (χ0n) is 6.44. The summed E-state index contributed by atoms with van der Waals surface area (Å²) in [6.45, 7) is 0. The number of amides is 1. The number of carbonyl (C=O) groups excluding carboxylic acids is 1. The van der Waals surface area contributed by atoms with Crippen LogP contribution in [0.2, 0.25) is 0 Å². The first-order chi connectivity index (χ1) is 5.63. The van der Waals surface area contributed by atoms with Gasteiger partial charge in [-0.3, -0.25) is 4.79 Å². The van der Waals surface area contributed by atoms with E-state index in [1.54, 1.807) is 0 Å². The minimum absolute atomic E-state index is 0.0187. The number of nitrogens with one attached hydrogen (secondary N) is 1. The average molecular weight is 175 g/mol. The van der Waals surface area contributed by atoms with Gasteiger partial charge in [-0.1, -0.05) is 0 Å². The number of carbonyl (C=O) groups is 2. The molecule has 2 N–H and O–H groups in total. The summed E-state index contributed by atoms with van der Waals surface area (Å²) in [5.74, 6) is -0.458. The lowest BCUT2D eigenvalue weighted by atomic mass is 10.2. The second kappa shape index (κ2) is 3.40. The van der Waals surface area contributed by atoms with Crippen molar-refractivity contribution in [2.75, 3.05) is 7.11 Å². The van der Waals surface area contributed by atoms with Gasteiger partial charge in [-0.25, -0.2) is 4.79 Å². The molecule has 0 spiro atoms. The summed E-state index contributed by atoms with van der Waals surface area (Å²) in [4.78, 5) is 20.9. The summed E-state index contributed by atoms with van der Waals surface area (Å²) in [6, 6.07) is -0.597. The molecule has 0 aromatic heterocycles. The Labute approximate surface area is 68.5 Å². The third-order valence-electron chi connectivity index (χ3n) is 1.50. The van der Waals surface area contributed by atoms with Gasteiger partial charge in [-0.15, -0.1) is 0 Å². The van der Waals surface area contributed by atoms with Gasteiger partial charge in [0.1, 0.15) is 6.04 Å². The van der Waals surface area contributed by atoms with E-state index in [2.05, 4.69) is 10.1 Å². The molecule has 2 atom stereocenters. The van der Waals surface area contributed by atoms with Gasteiger partial charge in [-0.05, 0) is 0 Å². The van der Waals surface area contributed by atoms with Crippen LogP contribution in [0.25, 0.3) is 0 Å². The van der Waals surface area contributed by atoms with Gasteiger partial charge in [-0.2, -0.15) is 0 Å². The van der Waals surface area contributed by atoms with Crippen LogP contribution in [0, 0.1) is 0 Å². The van der Waals surface area contributed by atoms with Crippen molar-refractivity contribution in [1.82, 2.24) is 5.32 Å². The Morgan fingerprint density at radius 2 is 2.50 bits per heavy atom. The molecular formula is C6H9NO5. The van der Waals surface area contributed by atoms with E-state index in [1.807, 2.05) is 0 Å². The van der Waals surface area contributed by atoms with Crippen molar-refractivity contribution in [3.8, 4) is 0 Å². The van der Waals surface area contributed by atoms with E-state index < -0.39 is 24.4 Å². The maximum absolute atomic E-state index is 10.7. The van der Waals surface area contributed by atoms with Gasteiger partial charge >= 0.3 is 12.1 Å². The summed E-state index contributed by atoms with van der Waals surface area (Å²) in [6.07, 6.45) is -1.97. The Bertz CT molecular complexity index is 204. The highest BCUT2D eigenvalue weighted by molar-refractivity contribution is 5.74. The number of rotatable bonds is 2. The number of hydrogen-bond donors (Lipinski definition) is 2. The fourth-order valence-electron chi connectivity index (χ4n) is 1.03. The third-order valence-corrected chi connectivity index (χ3v) is 1.50. The van der Waals surface area contributed by atoms with Gasteiger partial charge in [0.15, 0.2) is 0 Å². The minimum Gasteiger partial charge on any atom is -0.465 e. The summed E-state index contributed by atoms with van der Waals surface area (Å²) in [5.41, 5.74) is 0. The van der Waals surface area contributed by atoms with E-state index in [0.29, 0.717) is 0 Å². The molecule has 1 amide bonds. The molecule has 1 aliphatic rings. The Balaban J connectivity index is 2.51. The van der Waals surface area contributed by atoms with Crippen LogP contribution in [0.4, 0.5) is 4.79 Å². The van der Waals surface area contributed by atoms with E-state index in [0.717, 1.165) is 0 Å². The average Bonchev–Trinajstić information content (AvgIpc) is 2.29. The van der Waals surface area contributed by atoms with Crippen LogP contribution < -0.4 is 5.32 Å². The molecule has 1 rings (SSSR count). The lowest BCUT2D eigenvalue weighted by Gasteiger charge is -2.14. The van der Waals surface area contributed by atoms with Crippen LogP contribution in [-0.4, -0.2) is 36.6 Å². The fraction of sp³-hybridized carbons (Fsp3) is 0.667. The second-order valence-electron chi connectivity index (χ2n) is 2.35. The highest BCUT2D eigenvalue weighted by atomic mass is 16.7. The van der Waals surface area contributed by atoms with Crippen molar-refractivity contribution in [1.29, 1.82) is 0 Å². The van der Waals surface area contributed by atoms with E-state index in [9.17, 15) is 9.59 Å². The van der Waals surface area contributed by atoms with E-state index >= 15 is 0 Å². The zero-order valence-corrected chi connectivity index (χ0v) is 6.44. The number of cyclic esters (lactones) is 1. The normalized spacial score (nSPS) is 28.2. The first-order valence-electron chi connectivity index (χ1n) is 3.35. The molecule has 1 fully saturated rings. The number of methoxy groups -OCH3 is 1. The van der Waals surface area contributed by atoms with Gasteiger partial charge in [0.2, 0.25) is 6.29 Å². The maximum Gasteiger partial charge on any atom is 0.405 e. The molecule has 0 radical (unpaired) electrons. The largest absolute Gasteiger partial charge is 0.465 e. The second-order valence-corrected chi connectivity index (χ2v) is 2.35. The van der Waals surface area contributed by atoms with E-state index in [-0.39, 0.29) is 6.42 Å². The smallest absolute Gasteiger partial charge is 0.405 e. The molecule has 1 heterocycles. The van der Waals surface area contributed by atoms with Crippen molar-refractivity contribution in [2.45, 2.75) is 18.8 Å². The van der Waals surface area contributed by atoms with E-state index in [1.165, 1.54) is 7.11 Å². The molecule has 0 saturated carbocycles. The lowest BCUT2D eigenvalue weighted by molar-refractivity contribution is -0.159. The summed E-state index contributed by atoms with van der Waals surface area (Å²) in [5, 5.41) is 10.5.